The number of oxazole rings is 1. The van der Waals surface area contributed by atoms with Crippen molar-refractivity contribution in [3.63, 3.8) is 0 Å². The van der Waals surface area contributed by atoms with Gasteiger partial charge in [-0.1, -0.05) is 30.3 Å². The molecule has 2 heterocycles. The molecule has 1 atom stereocenters. The average Bonchev–Trinajstić information content (AvgIpc) is 3.45. The second-order valence-electron chi connectivity index (χ2n) is 8.79. The summed E-state index contributed by atoms with van der Waals surface area (Å²) in [7, 11) is 5.94. The molecule has 33 heavy (non-hydrogen) atoms. The lowest BCUT2D eigenvalue weighted by Gasteiger charge is -2.25. The summed E-state index contributed by atoms with van der Waals surface area (Å²) in [6.45, 7) is 3.94. The minimum Gasteiger partial charge on any atom is -0.481 e. The number of nitriles is 1. The Hall–Kier alpha value is -3.57. The molecule has 0 aliphatic carbocycles. The molecular formula is C25H29N5O3. The molecule has 3 aromatic rings. The number of nitrogens with zero attached hydrogens (tertiary/aromatic N) is 5. The van der Waals surface area contributed by atoms with E-state index in [9.17, 15) is 10.1 Å². The van der Waals surface area contributed by atoms with Gasteiger partial charge in [0.1, 0.15) is 11.6 Å². The zero-order valence-electron chi connectivity index (χ0n) is 19.5. The monoisotopic (exact) mass is 447 g/mol. The van der Waals surface area contributed by atoms with Crippen LogP contribution in [0.5, 0.6) is 0 Å². The summed E-state index contributed by atoms with van der Waals surface area (Å²) in [6.07, 6.45) is 0.999. The molecule has 1 saturated heterocycles. The molecule has 1 aliphatic rings. The minimum absolute atomic E-state index is 0.0296. The molecule has 1 N–H and O–H groups in total. The van der Waals surface area contributed by atoms with Gasteiger partial charge in [0.25, 0.3) is 6.01 Å². The van der Waals surface area contributed by atoms with E-state index < -0.39 is 5.97 Å². The van der Waals surface area contributed by atoms with E-state index in [0.29, 0.717) is 28.7 Å². The van der Waals surface area contributed by atoms with Crippen molar-refractivity contribution in [3.05, 3.63) is 41.5 Å². The van der Waals surface area contributed by atoms with Crippen LogP contribution in [0.4, 0.5) is 11.7 Å². The molecule has 0 spiro atoms. The number of hydrogen-bond donors (Lipinski definition) is 1. The van der Waals surface area contributed by atoms with Gasteiger partial charge in [-0.2, -0.15) is 10.2 Å². The Morgan fingerprint density at radius 1 is 1.30 bits per heavy atom. The molecule has 4 rings (SSSR count). The maximum absolute atomic E-state index is 11.0. The van der Waals surface area contributed by atoms with Gasteiger partial charge in [-0.3, -0.25) is 4.79 Å². The van der Waals surface area contributed by atoms with E-state index in [-0.39, 0.29) is 13.0 Å². The third-order valence-corrected chi connectivity index (χ3v) is 6.43. The number of rotatable bonds is 7. The van der Waals surface area contributed by atoms with E-state index in [1.165, 1.54) is 0 Å². The van der Waals surface area contributed by atoms with Crippen molar-refractivity contribution < 1.29 is 14.3 Å². The van der Waals surface area contributed by atoms with Crippen molar-refractivity contribution in [1.29, 1.82) is 5.26 Å². The summed E-state index contributed by atoms with van der Waals surface area (Å²) in [5, 5.41) is 19.1. The summed E-state index contributed by atoms with van der Waals surface area (Å²) in [5.74, 6) is -0.884. The Bertz CT molecular complexity index is 1210. The lowest BCUT2D eigenvalue weighted by molar-refractivity contribution is -0.136. The number of benzene rings is 2. The highest BCUT2D eigenvalue weighted by Gasteiger charge is 2.32. The van der Waals surface area contributed by atoms with Crippen molar-refractivity contribution in [2.45, 2.75) is 25.8 Å². The van der Waals surface area contributed by atoms with Crippen molar-refractivity contribution in [2.75, 3.05) is 50.6 Å². The molecule has 8 heteroatoms. The predicted octanol–water partition coefficient (Wildman–Crippen LogP) is 3.73. The van der Waals surface area contributed by atoms with E-state index in [4.69, 9.17) is 9.52 Å². The van der Waals surface area contributed by atoms with Crippen molar-refractivity contribution >= 4 is 28.8 Å². The first-order chi connectivity index (χ1) is 15.8. The van der Waals surface area contributed by atoms with Crippen LogP contribution in [0.15, 0.2) is 34.7 Å². The van der Waals surface area contributed by atoms with Gasteiger partial charge >= 0.3 is 5.97 Å². The molecule has 0 saturated carbocycles. The van der Waals surface area contributed by atoms with Crippen LogP contribution in [0.3, 0.4) is 0 Å². The quantitative estimate of drug-likeness (QED) is 0.585. The summed E-state index contributed by atoms with van der Waals surface area (Å²) in [6, 6.07) is 13.1. The number of fused-ring (bicyclic) bond motifs is 1. The molecule has 1 aliphatic heterocycles. The van der Waals surface area contributed by atoms with Crippen LogP contribution in [0.1, 0.15) is 24.0 Å². The van der Waals surface area contributed by atoms with Gasteiger partial charge in [0, 0.05) is 38.3 Å². The first kappa shape index (κ1) is 22.6. The second kappa shape index (κ2) is 9.12. The molecule has 0 amide bonds. The van der Waals surface area contributed by atoms with E-state index >= 15 is 0 Å². The molecule has 0 bridgehead atoms. The van der Waals surface area contributed by atoms with Crippen LogP contribution < -0.4 is 9.80 Å². The number of carboxylic acids is 1. The maximum Gasteiger partial charge on any atom is 0.305 e. The lowest BCUT2D eigenvalue weighted by Crippen LogP contribution is -2.31. The van der Waals surface area contributed by atoms with Crippen LogP contribution in [0.25, 0.3) is 22.2 Å². The van der Waals surface area contributed by atoms with Gasteiger partial charge in [0.15, 0.2) is 5.58 Å². The Labute approximate surface area is 193 Å². The maximum atomic E-state index is 11.0. The molecule has 8 nitrogen and oxygen atoms in total. The fourth-order valence-electron chi connectivity index (χ4n) is 4.52. The Morgan fingerprint density at radius 2 is 2.03 bits per heavy atom. The van der Waals surface area contributed by atoms with E-state index in [1.54, 1.807) is 11.9 Å². The number of carboxylic acid groups (broad SMARTS) is 1. The van der Waals surface area contributed by atoms with Gasteiger partial charge in [0.2, 0.25) is 0 Å². The number of likely N-dealkylation sites (N-methyl/N-ethyl adjacent to an activating group) is 1. The summed E-state index contributed by atoms with van der Waals surface area (Å²) >= 11 is 0. The van der Waals surface area contributed by atoms with Gasteiger partial charge in [0.05, 0.1) is 17.7 Å². The third-order valence-electron chi connectivity index (χ3n) is 6.43. The summed E-state index contributed by atoms with van der Waals surface area (Å²) in [4.78, 5) is 21.9. The normalized spacial score (nSPS) is 15.9. The molecule has 1 aromatic heterocycles. The fourth-order valence-corrected chi connectivity index (χ4v) is 4.52. The van der Waals surface area contributed by atoms with Crippen LogP contribution in [0, 0.1) is 18.3 Å². The highest BCUT2D eigenvalue weighted by molar-refractivity contribution is 6.03. The topological polar surface area (TPSA) is 96.8 Å². The SMILES string of the molecule is Cc1c(-c2ccccc2)c(N2CC[C@H](N(C)C)C2)c2oc(N(C)CCC(=O)O)nc2c1C#N. The largest absolute Gasteiger partial charge is 0.481 e. The zero-order valence-corrected chi connectivity index (χ0v) is 19.5. The van der Waals surface area contributed by atoms with Crippen LogP contribution in [0.2, 0.25) is 0 Å². The highest BCUT2D eigenvalue weighted by atomic mass is 16.4. The fraction of sp³-hybridized carbons (Fsp3) is 0.400. The first-order valence-electron chi connectivity index (χ1n) is 11.1. The van der Waals surface area contributed by atoms with Gasteiger partial charge in [-0.15, -0.1) is 0 Å². The van der Waals surface area contributed by atoms with Crippen LogP contribution in [-0.4, -0.2) is 67.8 Å². The second-order valence-corrected chi connectivity index (χ2v) is 8.79. The zero-order chi connectivity index (χ0) is 23.7. The number of aliphatic carboxylic acids is 1. The van der Waals surface area contributed by atoms with E-state index in [2.05, 4.69) is 47.1 Å². The molecule has 2 aromatic carbocycles. The molecule has 172 valence electrons. The molecular weight excluding hydrogens is 418 g/mol. The lowest BCUT2D eigenvalue weighted by atomic mass is 9.93. The van der Waals surface area contributed by atoms with E-state index in [0.717, 1.165) is 41.9 Å². The van der Waals surface area contributed by atoms with Gasteiger partial charge in [-0.05, 0) is 38.6 Å². The molecule has 0 radical (unpaired) electrons. The van der Waals surface area contributed by atoms with Gasteiger partial charge in [-0.25, -0.2) is 0 Å². The number of carbonyl (C=O) groups is 1. The molecule has 1 fully saturated rings. The van der Waals surface area contributed by atoms with Gasteiger partial charge < -0.3 is 24.2 Å². The standard InChI is InChI=1S/C25H29N5O3/c1-16-19(14-26)22-24(33-25(27-22)29(4)12-11-20(31)32)23(21(16)17-8-6-5-7-9-17)30-13-10-18(15-30)28(2)3/h5-9,18H,10-13,15H2,1-4H3,(H,31,32)/t18-/m0/s1. The minimum atomic E-state index is -0.884. The van der Waals surface area contributed by atoms with Crippen LogP contribution >= 0.6 is 0 Å². The summed E-state index contributed by atoms with van der Waals surface area (Å²) in [5.41, 5.74) is 5.40. The smallest absolute Gasteiger partial charge is 0.305 e. The first-order valence-corrected chi connectivity index (χ1v) is 11.1. The summed E-state index contributed by atoms with van der Waals surface area (Å²) < 4.78 is 6.28. The average molecular weight is 448 g/mol. The Morgan fingerprint density at radius 3 is 2.64 bits per heavy atom. The van der Waals surface area contributed by atoms with Crippen molar-refractivity contribution in [2.24, 2.45) is 0 Å². The number of hydrogen-bond acceptors (Lipinski definition) is 7. The van der Waals surface area contributed by atoms with Crippen molar-refractivity contribution in [1.82, 2.24) is 9.88 Å². The Kier molecular flexibility index (Phi) is 6.25. The predicted molar refractivity (Wildman–Crippen MR) is 129 cm³/mol. The third kappa shape index (κ3) is 4.24. The highest BCUT2D eigenvalue weighted by Crippen LogP contribution is 2.44. The van der Waals surface area contributed by atoms with Crippen molar-refractivity contribution in [3.8, 4) is 17.2 Å². The van der Waals surface area contributed by atoms with Crippen LogP contribution in [-0.2, 0) is 4.79 Å². The number of anilines is 2. The Balaban J connectivity index is 1.94. The van der Waals surface area contributed by atoms with E-state index in [1.807, 2.05) is 25.1 Å². The molecule has 0 unspecified atom stereocenters. The number of aromatic nitrogens is 1.